The zero-order chi connectivity index (χ0) is 16.5. The average Bonchev–Trinajstić information content (AvgIpc) is 3.02. The van der Waals surface area contributed by atoms with Crippen molar-refractivity contribution in [2.24, 2.45) is 5.92 Å². The van der Waals surface area contributed by atoms with E-state index in [-0.39, 0.29) is 11.7 Å². The summed E-state index contributed by atoms with van der Waals surface area (Å²) in [6.45, 7) is 3.68. The highest BCUT2D eigenvalue weighted by Gasteiger charge is 2.27. The van der Waals surface area contributed by atoms with Crippen LogP contribution < -0.4 is 4.90 Å². The van der Waals surface area contributed by atoms with Gasteiger partial charge in [0.15, 0.2) is 11.6 Å². The van der Waals surface area contributed by atoms with Gasteiger partial charge in [-0.05, 0) is 25.8 Å². The highest BCUT2D eigenvalue weighted by atomic mass is 16.1. The van der Waals surface area contributed by atoms with Crippen molar-refractivity contribution in [1.29, 1.82) is 0 Å². The van der Waals surface area contributed by atoms with Gasteiger partial charge in [-0.25, -0.2) is 9.50 Å². The molecule has 1 fully saturated rings. The molecule has 1 aromatic carbocycles. The fourth-order valence-corrected chi connectivity index (χ4v) is 3.47. The highest BCUT2D eigenvalue weighted by molar-refractivity contribution is 5.98. The van der Waals surface area contributed by atoms with Crippen molar-refractivity contribution in [3.05, 3.63) is 60.0 Å². The van der Waals surface area contributed by atoms with E-state index in [2.05, 4.69) is 21.0 Å². The Morgan fingerprint density at radius 3 is 2.67 bits per heavy atom. The molecule has 122 valence electrons. The van der Waals surface area contributed by atoms with Crippen LogP contribution >= 0.6 is 0 Å². The van der Waals surface area contributed by atoms with Crippen molar-refractivity contribution >= 4 is 17.1 Å². The van der Waals surface area contributed by atoms with Crippen LogP contribution in [0, 0.1) is 12.8 Å². The number of aryl methyl sites for hydroxylation is 1. The van der Waals surface area contributed by atoms with E-state index in [1.807, 2.05) is 48.0 Å². The Bertz CT molecular complexity index is 863. The minimum atomic E-state index is 0.107. The lowest BCUT2D eigenvalue weighted by Crippen LogP contribution is -2.37. The molecule has 0 radical (unpaired) electrons. The fraction of sp³-hybridized carbons (Fsp3) is 0.316. The van der Waals surface area contributed by atoms with Gasteiger partial charge < -0.3 is 4.90 Å². The molecule has 1 aliphatic heterocycles. The smallest absolute Gasteiger partial charge is 0.166 e. The predicted molar refractivity (Wildman–Crippen MR) is 93.4 cm³/mol. The van der Waals surface area contributed by atoms with E-state index in [9.17, 15) is 4.79 Å². The highest BCUT2D eigenvalue weighted by Crippen LogP contribution is 2.27. The number of hydrogen-bond acceptors (Lipinski definition) is 4. The van der Waals surface area contributed by atoms with Gasteiger partial charge in [0.25, 0.3) is 0 Å². The van der Waals surface area contributed by atoms with E-state index >= 15 is 0 Å². The summed E-state index contributed by atoms with van der Waals surface area (Å²) in [5.41, 5.74) is 2.84. The summed E-state index contributed by atoms with van der Waals surface area (Å²) in [4.78, 5) is 19.4. The van der Waals surface area contributed by atoms with Crippen molar-refractivity contribution in [2.45, 2.75) is 19.8 Å². The predicted octanol–water partition coefficient (Wildman–Crippen LogP) is 3.14. The van der Waals surface area contributed by atoms with E-state index in [4.69, 9.17) is 0 Å². The Hall–Kier alpha value is -2.69. The molecule has 1 saturated heterocycles. The van der Waals surface area contributed by atoms with Crippen LogP contribution in [0.5, 0.6) is 0 Å². The third kappa shape index (κ3) is 2.66. The Labute approximate surface area is 140 Å². The number of fused-ring (bicyclic) bond motifs is 1. The number of piperidine rings is 1. The summed E-state index contributed by atoms with van der Waals surface area (Å²) in [7, 11) is 0. The van der Waals surface area contributed by atoms with Crippen LogP contribution in [0.1, 0.15) is 28.9 Å². The normalized spacial score (nSPS) is 15.8. The molecule has 2 aromatic heterocycles. The molecular weight excluding hydrogens is 300 g/mol. The second kappa shape index (κ2) is 6.07. The van der Waals surface area contributed by atoms with Gasteiger partial charge in [-0.1, -0.05) is 30.3 Å². The van der Waals surface area contributed by atoms with Crippen molar-refractivity contribution in [3.63, 3.8) is 0 Å². The molecule has 0 amide bonds. The van der Waals surface area contributed by atoms with Crippen molar-refractivity contribution in [3.8, 4) is 0 Å². The number of carbonyl (C=O) groups is 1. The number of carbonyl (C=O) groups excluding carboxylic acids is 1. The minimum absolute atomic E-state index is 0.107. The SMILES string of the molecule is Cc1cc2c(N3CCC(C(=O)c4ccccc4)CC3)nccn2n1. The number of ketones is 1. The van der Waals surface area contributed by atoms with Gasteiger partial charge in [-0.3, -0.25) is 4.79 Å². The lowest BCUT2D eigenvalue weighted by atomic mass is 9.89. The maximum atomic E-state index is 12.6. The molecular formula is C19H20N4O. The molecule has 5 heteroatoms. The van der Waals surface area contributed by atoms with E-state index in [0.717, 1.165) is 48.5 Å². The molecule has 0 aliphatic carbocycles. The summed E-state index contributed by atoms with van der Waals surface area (Å²) in [5.74, 6) is 1.33. The van der Waals surface area contributed by atoms with E-state index in [1.54, 1.807) is 6.20 Å². The first kappa shape index (κ1) is 14.9. The van der Waals surface area contributed by atoms with E-state index < -0.39 is 0 Å². The Kier molecular flexibility index (Phi) is 3.76. The summed E-state index contributed by atoms with van der Waals surface area (Å²) >= 11 is 0. The first-order chi connectivity index (χ1) is 11.7. The van der Waals surface area contributed by atoms with Crippen LogP contribution in [0.4, 0.5) is 5.82 Å². The molecule has 3 aromatic rings. The van der Waals surface area contributed by atoms with Crippen LogP contribution in [0.25, 0.3) is 5.52 Å². The number of benzene rings is 1. The van der Waals surface area contributed by atoms with E-state index in [0.29, 0.717) is 0 Å². The third-order valence-corrected chi connectivity index (χ3v) is 4.72. The summed E-state index contributed by atoms with van der Waals surface area (Å²) in [6, 6.07) is 11.7. The second-order valence-corrected chi connectivity index (χ2v) is 6.36. The average molecular weight is 320 g/mol. The Morgan fingerprint density at radius 1 is 1.17 bits per heavy atom. The molecule has 0 saturated carbocycles. The quantitative estimate of drug-likeness (QED) is 0.696. The molecule has 1 aliphatic rings. The number of anilines is 1. The standard InChI is InChI=1S/C19H20N4O/c1-14-13-17-19(20-9-12-23(17)21-14)22-10-7-16(8-11-22)18(24)15-5-3-2-4-6-15/h2-6,9,12-13,16H,7-8,10-11H2,1H3. The van der Waals surface area contributed by atoms with Crippen LogP contribution in [0.3, 0.4) is 0 Å². The number of Topliss-reactive ketones (excluding diaryl/α,β-unsaturated/α-hetero) is 1. The monoisotopic (exact) mass is 320 g/mol. The Balaban J connectivity index is 1.51. The molecule has 0 atom stereocenters. The number of aromatic nitrogens is 3. The molecule has 3 heterocycles. The van der Waals surface area contributed by atoms with Gasteiger partial charge in [0.05, 0.1) is 5.69 Å². The van der Waals surface area contributed by atoms with Crippen molar-refractivity contribution in [2.75, 3.05) is 18.0 Å². The summed E-state index contributed by atoms with van der Waals surface area (Å²) < 4.78 is 1.87. The van der Waals surface area contributed by atoms with Crippen molar-refractivity contribution < 1.29 is 4.79 Å². The minimum Gasteiger partial charge on any atom is -0.355 e. The second-order valence-electron chi connectivity index (χ2n) is 6.36. The number of nitrogens with zero attached hydrogens (tertiary/aromatic N) is 4. The van der Waals surface area contributed by atoms with Crippen LogP contribution in [-0.2, 0) is 0 Å². The molecule has 5 nitrogen and oxygen atoms in total. The van der Waals surface area contributed by atoms with Crippen LogP contribution in [0.15, 0.2) is 48.8 Å². The van der Waals surface area contributed by atoms with Crippen LogP contribution in [0.2, 0.25) is 0 Å². The summed E-state index contributed by atoms with van der Waals surface area (Å²) in [6.07, 6.45) is 5.39. The lowest BCUT2D eigenvalue weighted by Gasteiger charge is -2.32. The number of rotatable bonds is 3. The van der Waals surface area contributed by atoms with Gasteiger partial charge in [-0.15, -0.1) is 0 Å². The van der Waals surface area contributed by atoms with Crippen LogP contribution in [-0.4, -0.2) is 33.5 Å². The zero-order valence-corrected chi connectivity index (χ0v) is 13.7. The van der Waals surface area contributed by atoms with Gasteiger partial charge in [0, 0.05) is 37.0 Å². The van der Waals surface area contributed by atoms with E-state index in [1.165, 1.54) is 0 Å². The van der Waals surface area contributed by atoms with Gasteiger partial charge >= 0.3 is 0 Å². The maximum Gasteiger partial charge on any atom is 0.166 e. The van der Waals surface area contributed by atoms with Gasteiger partial charge in [0.2, 0.25) is 0 Å². The topological polar surface area (TPSA) is 50.5 Å². The Morgan fingerprint density at radius 2 is 1.92 bits per heavy atom. The molecule has 0 bridgehead atoms. The molecule has 24 heavy (non-hydrogen) atoms. The zero-order valence-electron chi connectivity index (χ0n) is 13.7. The largest absolute Gasteiger partial charge is 0.355 e. The van der Waals surface area contributed by atoms with Gasteiger partial charge in [0.1, 0.15) is 5.52 Å². The molecule has 0 spiro atoms. The first-order valence-electron chi connectivity index (χ1n) is 8.37. The summed E-state index contributed by atoms with van der Waals surface area (Å²) in [5, 5.41) is 4.45. The fourth-order valence-electron chi connectivity index (χ4n) is 3.47. The third-order valence-electron chi connectivity index (χ3n) is 4.72. The van der Waals surface area contributed by atoms with Crippen molar-refractivity contribution in [1.82, 2.24) is 14.6 Å². The van der Waals surface area contributed by atoms with Gasteiger partial charge in [-0.2, -0.15) is 5.10 Å². The first-order valence-corrected chi connectivity index (χ1v) is 8.37. The molecule has 0 unspecified atom stereocenters. The lowest BCUT2D eigenvalue weighted by molar-refractivity contribution is 0.0900. The number of hydrogen-bond donors (Lipinski definition) is 0. The molecule has 4 rings (SSSR count). The maximum absolute atomic E-state index is 12.6. The molecule has 0 N–H and O–H groups in total.